The fraction of sp³-hybridized carbons (Fsp3) is 0.143. The molecule has 0 saturated heterocycles. The van der Waals surface area contributed by atoms with E-state index in [0.717, 1.165) is 11.3 Å². The summed E-state index contributed by atoms with van der Waals surface area (Å²) in [5.41, 5.74) is 2.33. The Morgan fingerprint density at radius 3 is 2.31 bits per heavy atom. The van der Waals surface area contributed by atoms with Crippen LogP contribution in [0.2, 0.25) is 0 Å². The Kier molecular flexibility index (Phi) is 4.82. The number of hydrogen-bond donors (Lipinski definition) is 0. The molecule has 0 atom stereocenters. The second-order valence-electron chi connectivity index (χ2n) is 6.33. The second-order valence-corrected chi connectivity index (χ2v) is 6.33. The average Bonchev–Trinajstić information content (AvgIpc) is 3.24. The van der Waals surface area contributed by atoms with Gasteiger partial charge in [-0.1, -0.05) is 22.9 Å². The number of rotatable bonds is 5. The summed E-state index contributed by atoms with van der Waals surface area (Å²) in [5, 5.41) is 8.36. The van der Waals surface area contributed by atoms with Gasteiger partial charge in [-0.2, -0.15) is 10.1 Å². The standard InChI is InChI=1S/C21H18N4O4/c1-13-4-6-15(7-5-13)25-9-8-18(26)19(23-25)21-22-20(24-29-21)14-10-16(27-2)12-17(11-14)28-3/h4-12H,1-3H3. The van der Waals surface area contributed by atoms with Gasteiger partial charge in [-0.15, -0.1) is 0 Å². The summed E-state index contributed by atoms with van der Waals surface area (Å²) < 4.78 is 17.5. The van der Waals surface area contributed by atoms with Crippen molar-refractivity contribution in [3.8, 4) is 40.2 Å². The molecule has 0 radical (unpaired) electrons. The predicted molar refractivity (Wildman–Crippen MR) is 106 cm³/mol. The topological polar surface area (TPSA) is 92.3 Å². The molecule has 0 spiro atoms. The normalized spacial score (nSPS) is 10.7. The van der Waals surface area contributed by atoms with Crippen LogP contribution in [0, 0.1) is 6.92 Å². The van der Waals surface area contributed by atoms with Crippen molar-refractivity contribution in [2.45, 2.75) is 6.92 Å². The van der Waals surface area contributed by atoms with Crippen LogP contribution in [0.15, 0.2) is 64.0 Å². The van der Waals surface area contributed by atoms with E-state index in [1.54, 1.807) is 43.3 Å². The van der Waals surface area contributed by atoms with Crippen LogP contribution in [0.25, 0.3) is 28.7 Å². The molecule has 0 aliphatic rings. The Bertz CT molecular complexity index is 1190. The van der Waals surface area contributed by atoms with Gasteiger partial charge in [0.2, 0.25) is 11.3 Å². The number of aryl methyl sites for hydroxylation is 1. The lowest BCUT2D eigenvalue weighted by molar-refractivity contribution is 0.394. The number of aromatic nitrogens is 4. The molecule has 0 saturated carbocycles. The molecule has 4 aromatic rings. The molecule has 2 aromatic heterocycles. The maximum absolute atomic E-state index is 12.4. The van der Waals surface area contributed by atoms with Crippen LogP contribution in [0.5, 0.6) is 11.5 Å². The van der Waals surface area contributed by atoms with Crippen molar-refractivity contribution in [1.82, 2.24) is 19.9 Å². The summed E-state index contributed by atoms with van der Waals surface area (Å²) in [6.07, 6.45) is 1.60. The van der Waals surface area contributed by atoms with Crippen LogP contribution in [-0.2, 0) is 0 Å². The third-order valence-electron chi connectivity index (χ3n) is 4.35. The lowest BCUT2D eigenvalue weighted by atomic mass is 10.2. The van der Waals surface area contributed by atoms with E-state index in [0.29, 0.717) is 22.9 Å². The van der Waals surface area contributed by atoms with E-state index < -0.39 is 0 Å². The second kappa shape index (κ2) is 7.59. The molecule has 2 heterocycles. The minimum absolute atomic E-state index is 0.0354. The molecule has 8 heteroatoms. The third-order valence-corrected chi connectivity index (χ3v) is 4.35. The zero-order valence-corrected chi connectivity index (χ0v) is 16.1. The van der Waals surface area contributed by atoms with Crippen molar-refractivity contribution in [3.63, 3.8) is 0 Å². The summed E-state index contributed by atoms with van der Waals surface area (Å²) >= 11 is 0. The van der Waals surface area contributed by atoms with Crippen LogP contribution < -0.4 is 14.9 Å². The van der Waals surface area contributed by atoms with Gasteiger partial charge in [0, 0.05) is 23.9 Å². The predicted octanol–water partition coefficient (Wildman–Crippen LogP) is 3.28. The van der Waals surface area contributed by atoms with Crippen molar-refractivity contribution >= 4 is 0 Å². The average molecular weight is 390 g/mol. The lowest BCUT2D eigenvalue weighted by Crippen LogP contribution is -2.12. The largest absolute Gasteiger partial charge is 0.497 e. The van der Waals surface area contributed by atoms with Crippen LogP contribution >= 0.6 is 0 Å². The molecule has 8 nitrogen and oxygen atoms in total. The molecule has 0 fully saturated rings. The van der Waals surface area contributed by atoms with Crippen molar-refractivity contribution in [2.24, 2.45) is 0 Å². The van der Waals surface area contributed by atoms with Crippen LogP contribution in [0.4, 0.5) is 0 Å². The maximum Gasteiger partial charge on any atom is 0.282 e. The Labute approximate surface area is 166 Å². The fourth-order valence-corrected chi connectivity index (χ4v) is 2.77. The monoisotopic (exact) mass is 390 g/mol. The molecule has 29 heavy (non-hydrogen) atoms. The minimum atomic E-state index is -0.313. The number of methoxy groups -OCH3 is 2. The zero-order chi connectivity index (χ0) is 20.4. The van der Waals surface area contributed by atoms with E-state index in [-0.39, 0.29) is 17.0 Å². The van der Waals surface area contributed by atoms with Gasteiger partial charge < -0.3 is 14.0 Å². The molecular formula is C21H18N4O4. The molecule has 0 unspecified atom stereocenters. The molecule has 0 amide bonds. The number of benzene rings is 2. The third kappa shape index (κ3) is 3.73. The zero-order valence-electron chi connectivity index (χ0n) is 16.1. The molecule has 0 bridgehead atoms. The molecular weight excluding hydrogens is 372 g/mol. The maximum atomic E-state index is 12.4. The van der Waals surface area contributed by atoms with Crippen LogP contribution in [-0.4, -0.2) is 34.1 Å². The van der Waals surface area contributed by atoms with E-state index in [1.807, 2.05) is 31.2 Å². The Hall–Kier alpha value is -3.94. The fourth-order valence-electron chi connectivity index (χ4n) is 2.77. The van der Waals surface area contributed by atoms with Crippen molar-refractivity contribution < 1.29 is 14.0 Å². The highest BCUT2D eigenvalue weighted by molar-refractivity contribution is 5.62. The van der Waals surface area contributed by atoms with Crippen molar-refractivity contribution in [1.29, 1.82) is 0 Å². The lowest BCUT2D eigenvalue weighted by Gasteiger charge is -2.06. The first-order valence-corrected chi connectivity index (χ1v) is 8.82. The molecule has 0 N–H and O–H groups in total. The van der Waals surface area contributed by atoms with Gasteiger partial charge in [0.1, 0.15) is 11.5 Å². The van der Waals surface area contributed by atoms with E-state index >= 15 is 0 Å². The highest BCUT2D eigenvalue weighted by Crippen LogP contribution is 2.29. The molecule has 146 valence electrons. The van der Waals surface area contributed by atoms with Crippen LogP contribution in [0.3, 0.4) is 0 Å². The first-order valence-electron chi connectivity index (χ1n) is 8.82. The summed E-state index contributed by atoms with van der Waals surface area (Å²) in [6, 6.07) is 14.4. The van der Waals surface area contributed by atoms with E-state index in [1.165, 1.54) is 6.07 Å². The molecule has 4 rings (SSSR count). The van der Waals surface area contributed by atoms with Gasteiger partial charge in [0.05, 0.1) is 19.9 Å². The number of ether oxygens (including phenoxy) is 2. The minimum Gasteiger partial charge on any atom is -0.497 e. The molecule has 0 aliphatic carbocycles. The smallest absolute Gasteiger partial charge is 0.282 e. The van der Waals surface area contributed by atoms with Crippen molar-refractivity contribution in [2.75, 3.05) is 14.2 Å². The first-order chi connectivity index (χ1) is 14.1. The van der Waals surface area contributed by atoms with Gasteiger partial charge in [-0.25, -0.2) is 4.68 Å². The van der Waals surface area contributed by atoms with E-state index in [9.17, 15) is 4.79 Å². The Balaban J connectivity index is 1.74. The highest BCUT2D eigenvalue weighted by atomic mass is 16.5. The number of nitrogens with zero attached hydrogens (tertiary/aromatic N) is 4. The van der Waals surface area contributed by atoms with Crippen molar-refractivity contribution in [3.05, 3.63) is 70.5 Å². The van der Waals surface area contributed by atoms with Gasteiger partial charge in [0.25, 0.3) is 5.89 Å². The summed E-state index contributed by atoms with van der Waals surface area (Å²) in [4.78, 5) is 16.7. The quantitative estimate of drug-likeness (QED) is 0.516. The Morgan fingerprint density at radius 2 is 1.66 bits per heavy atom. The molecule has 0 aliphatic heterocycles. The van der Waals surface area contributed by atoms with Crippen LogP contribution in [0.1, 0.15) is 5.56 Å². The molecule has 2 aromatic carbocycles. The van der Waals surface area contributed by atoms with E-state index in [2.05, 4.69) is 15.2 Å². The van der Waals surface area contributed by atoms with Gasteiger partial charge >= 0.3 is 0 Å². The summed E-state index contributed by atoms with van der Waals surface area (Å²) in [5.74, 6) is 1.51. The Morgan fingerprint density at radius 1 is 0.966 bits per heavy atom. The van der Waals surface area contributed by atoms with E-state index in [4.69, 9.17) is 14.0 Å². The summed E-state index contributed by atoms with van der Waals surface area (Å²) in [7, 11) is 3.11. The number of hydrogen-bond acceptors (Lipinski definition) is 7. The SMILES string of the molecule is COc1cc(OC)cc(-c2noc(-c3nn(-c4ccc(C)cc4)ccc3=O)n2)c1. The summed E-state index contributed by atoms with van der Waals surface area (Å²) in [6.45, 7) is 2.00. The van der Waals surface area contributed by atoms with Gasteiger partial charge in [-0.3, -0.25) is 4.79 Å². The first kappa shape index (κ1) is 18.4. The van der Waals surface area contributed by atoms with Gasteiger partial charge in [-0.05, 0) is 31.2 Å². The van der Waals surface area contributed by atoms with Gasteiger partial charge in [0.15, 0.2) is 5.69 Å². The highest BCUT2D eigenvalue weighted by Gasteiger charge is 2.17.